The molecule has 1 atom stereocenters. The van der Waals surface area contributed by atoms with E-state index in [0.717, 1.165) is 17.1 Å². The first-order valence-electron chi connectivity index (χ1n) is 17.6. The van der Waals surface area contributed by atoms with Gasteiger partial charge in [-0.3, -0.25) is 0 Å². The number of nitrogens with zero attached hydrogens (tertiary/aromatic N) is 1. The van der Waals surface area contributed by atoms with Crippen LogP contribution in [0.3, 0.4) is 0 Å². The highest BCUT2D eigenvalue weighted by Crippen LogP contribution is 2.65. The van der Waals surface area contributed by atoms with Crippen LogP contribution in [0, 0.1) is 0 Å². The minimum atomic E-state index is -0.445. The average molecular weight is 666 g/mol. The Bertz CT molecular complexity index is 2810. The maximum atomic E-state index is 2.49. The van der Waals surface area contributed by atoms with Gasteiger partial charge in [0.05, 0.1) is 11.1 Å². The number of hydrogen-bond donors (Lipinski definition) is 0. The fourth-order valence-electron chi connectivity index (χ4n) is 9.06. The molecule has 0 saturated heterocycles. The Morgan fingerprint density at radius 1 is 0.392 bits per heavy atom. The molecule has 0 aliphatic heterocycles. The third-order valence-electron chi connectivity index (χ3n) is 11.1. The van der Waals surface area contributed by atoms with E-state index in [2.05, 4.69) is 193 Å². The lowest BCUT2D eigenvalue weighted by Gasteiger charge is -2.32. The van der Waals surface area contributed by atoms with Gasteiger partial charge in [0, 0.05) is 42.7 Å². The molecule has 1 nitrogen and oxygen atoms in total. The third kappa shape index (κ3) is 3.91. The van der Waals surface area contributed by atoms with E-state index in [1.54, 1.807) is 0 Å². The normalized spacial score (nSPS) is 15.1. The highest BCUT2D eigenvalue weighted by molar-refractivity contribution is 7.26. The lowest BCUT2D eigenvalue weighted by Crippen LogP contribution is -2.26. The largest absolute Gasteiger partial charge is 0.310 e. The molecule has 1 unspecified atom stereocenters. The number of benzene rings is 8. The topological polar surface area (TPSA) is 3.24 Å². The van der Waals surface area contributed by atoms with Crippen LogP contribution in [0.25, 0.3) is 53.6 Å². The Morgan fingerprint density at radius 3 is 1.84 bits per heavy atom. The van der Waals surface area contributed by atoms with Crippen LogP contribution < -0.4 is 4.90 Å². The van der Waals surface area contributed by atoms with E-state index in [-0.39, 0.29) is 0 Å². The monoisotopic (exact) mass is 665 g/mol. The SMILES string of the molecule is c1ccc(-c2ccccc2N(c2ccccc2)c2ccc3c(c2)C2(c4ccccc4-3)c3ccccc3-c3c2ccc2c3sc3ccccc32)cc1. The molecule has 0 bridgehead atoms. The second kappa shape index (κ2) is 10.9. The molecule has 2 heteroatoms. The van der Waals surface area contributed by atoms with Gasteiger partial charge in [0.2, 0.25) is 0 Å². The van der Waals surface area contributed by atoms with Gasteiger partial charge in [-0.15, -0.1) is 11.3 Å². The summed E-state index contributed by atoms with van der Waals surface area (Å²) in [6, 6.07) is 69.5. The van der Waals surface area contributed by atoms with Gasteiger partial charge in [-0.05, 0) is 80.9 Å². The third-order valence-corrected chi connectivity index (χ3v) is 12.3. The fourth-order valence-corrected chi connectivity index (χ4v) is 10.3. The van der Waals surface area contributed by atoms with Crippen LogP contribution in [0.15, 0.2) is 188 Å². The molecule has 11 rings (SSSR count). The van der Waals surface area contributed by atoms with Gasteiger partial charge in [0.1, 0.15) is 0 Å². The summed E-state index contributed by atoms with van der Waals surface area (Å²) < 4.78 is 2.72. The fraction of sp³-hybridized carbons (Fsp3) is 0.0204. The summed E-state index contributed by atoms with van der Waals surface area (Å²) in [7, 11) is 0. The van der Waals surface area contributed by atoms with Gasteiger partial charge < -0.3 is 4.90 Å². The standard InChI is InChI=1S/C49H31NS/c1-3-15-32(16-4-1)35-19-9-13-25-45(35)50(33-17-5-2-6-18-33)34-27-28-37-36-20-7-11-23-41(36)49(44(37)31-34)42-24-12-8-22-40(42)47-43(49)30-29-39-38-21-10-14-26-46(38)51-48(39)47/h1-31H. The molecule has 0 fully saturated rings. The first kappa shape index (κ1) is 28.6. The average Bonchev–Trinajstić information content (AvgIpc) is 3.83. The minimum absolute atomic E-state index is 0.445. The summed E-state index contributed by atoms with van der Waals surface area (Å²) >= 11 is 1.93. The smallest absolute Gasteiger partial charge is 0.0726 e. The van der Waals surface area contributed by atoms with E-state index in [9.17, 15) is 0 Å². The maximum Gasteiger partial charge on any atom is 0.0726 e. The van der Waals surface area contributed by atoms with Crippen LogP contribution >= 0.6 is 11.3 Å². The van der Waals surface area contributed by atoms with Crippen molar-refractivity contribution in [3.8, 4) is 33.4 Å². The van der Waals surface area contributed by atoms with Gasteiger partial charge in [-0.2, -0.15) is 0 Å². The quantitative estimate of drug-likeness (QED) is 0.181. The minimum Gasteiger partial charge on any atom is -0.310 e. The van der Waals surface area contributed by atoms with Crippen molar-refractivity contribution < 1.29 is 0 Å². The molecule has 0 N–H and O–H groups in total. The van der Waals surface area contributed by atoms with Crippen molar-refractivity contribution in [1.82, 2.24) is 0 Å². The molecular weight excluding hydrogens is 635 g/mol. The highest BCUT2D eigenvalue weighted by Gasteiger charge is 2.52. The van der Waals surface area contributed by atoms with Crippen LogP contribution in [-0.2, 0) is 5.41 Å². The predicted molar refractivity (Wildman–Crippen MR) is 216 cm³/mol. The van der Waals surface area contributed by atoms with E-state index in [1.165, 1.54) is 75.8 Å². The van der Waals surface area contributed by atoms with Crippen molar-refractivity contribution in [3.63, 3.8) is 0 Å². The van der Waals surface area contributed by atoms with Gasteiger partial charge in [0.15, 0.2) is 0 Å². The zero-order valence-corrected chi connectivity index (χ0v) is 28.6. The molecule has 2 aliphatic carbocycles. The van der Waals surface area contributed by atoms with Crippen molar-refractivity contribution in [3.05, 3.63) is 210 Å². The first-order chi connectivity index (χ1) is 25.3. The zero-order chi connectivity index (χ0) is 33.5. The number of para-hydroxylation sites is 2. The molecule has 1 spiro atoms. The number of hydrogen-bond acceptors (Lipinski definition) is 2. The predicted octanol–water partition coefficient (Wildman–Crippen LogP) is 13.5. The van der Waals surface area contributed by atoms with Gasteiger partial charge in [0.25, 0.3) is 0 Å². The molecule has 0 saturated carbocycles. The molecule has 0 amide bonds. The van der Waals surface area contributed by atoms with E-state index in [1.807, 2.05) is 11.3 Å². The van der Waals surface area contributed by atoms with E-state index in [0.29, 0.717) is 0 Å². The number of fused-ring (bicyclic) bond motifs is 14. The molecule has 1 aromatic heterocycles. The van der Waals surface area contributed by atoms with E-state index >= 15 is 0 Å². The van der Waals surface area contributed by atoms with Crippen molar-refractivity contribution in [2.45, 2.75) is 5.41 Å². The summed E-state index contributed by atoms with van der Waals surface area (Å²) in [5, 5.41) is 2.68. The zero-order valence-electron chi connectivity index (χ0n) is 27.8. The summed E-state index contributed by atoms with van der Waals surface area (Å²) in [6.07, 6.45) is 0. The highest BCUT2D eigenvalue weighted by atomic mass is 32.1. The Kier molecular flexibility index (Phi) is 6.11. The Labute approximate surface area is 301 Å². The van der Waals surface area contributed by atoms with Gasteiger partial charge in [-0.1, -0.05) is 152 Å². The van der Waals surface area contributed by atoms with Crippen molar-refractivity contribution in [1.29, 1.82) is 0 Å². The van der Waals surface area contributed by atoms with Gasteiger partial charge >= 0.3 is 0 Å². The molecule has 1 heterocycles. The van der Waals surface area contributed by atoms with Crippen LogP contribution in [0.2, 0.25) is 0 Å². The van der Waals surface area contributed by atoms with Crippen LogP contribution in [-0.4, -0.2) is 0 Å². The summed E-state index contributed by atoms with van der Waals surface area (Å²) in [4.78, 5) is 2.44. The molecular formula is C49H31NS. The number of thiophene rings is 1. The van der Waals surface area contributed by atoms with Crippen molar-refractivity contribution in [2.75, 3.05) is 4.90 Å². The lowest BCUT2D eigenvalue weighted by molar-refractivity contribution is 0.794. The maximum absolute atomic E-state index is 2.49. The molecule has 0 radical (unpaired) electrons. The Hall–Kier alpha value is -6.22. The summed E-state index contributed by atoms with van der Waals surface area (Å²) in [5.41, 5.74) is 16.2. The molecule has 9 aromatic rings. The molecule has 8 aromatic carbocycles. The molecule has 2 aliphatic rings. The Morgan fingerprint density at radius 2 is 1.02 bits per heavy atom. The number of rotatable bonds is 4. The second-order valence-corrected chi connectivity index (χ2v) is 14.6. The summed E-state index contributed by atoms with van der Waals surface area (Å²) in [5.74, 6) is 0. The second-order valence-electron chi connectivity index (χ2n) is 13.6. The van der Waals surface area contributed by atoms with Crippen LogP contribution in [0.5, 0.6) is 0 Å². The van der Waals surface area contributed by atoms with Gasteiger partial charge in [-0.25, -0.2) is 0 Å². The van der Waals surface area contributed by atoms with E-state index in [4.69, 9.17) is 0 Å². The lowest BCUT2D eigenvalue weighted by atomic mass is 9.70. The van der Waals surface area contributed by atoms with Crippen LogP contribution in [0.4, 0.5) is 17.1 Å². The van der Waals surface area contributed by atoms with Crippen molar-refractivity contribution >= 4 is 48.6 Å². The number of anilines is 3. The Balaban J connectivity index is 1.22. The summed E-state index contributed by atoms with van der Waals surface area (Å²) in [6.45, 7) is 0. The van der Waals surface area contributed by atoms with E-state index < -0.39 is 5.41 Å². The molecule has 51 heavy (non-hydrogen) atoms. The van der Waals surface area contributed by atoms with Crippen LogP contribution in [0.1, 0.15) is 22.3 Å². The first-order valence-corrected chi connectivity index (χ1v) is 18.4. The van der Waals surface area contributed by atoms with Crippen molar-refractivity contribution in [2.24, 2.45) is 0 Å². The molecule has 238 valence electrons.